The summed E-state index contributed by atoms with van der Waals surface area (Å²) in [6.07, 6.45) is 14.0. The van der Waals surface area contributed by atoms with Crippen molar-refractivity contribution in [1.82, 2.24) is 9.19 Å². The summed E-state index contributed by atoms with van der Waals surface area (Å²) in [5.41, 5.74) is 2.85. The van der Waals surface area contributed by atoms with Crippen molar-refractivity contribution in [3.63, 3.8) is 0 Å². The number of aromatic nitrogens is 2. The van der Waals surface area contributed by atoms with E-state index in [9.17, 15) is 18.3 Å². The van der Waals surface area contributed by atoms with Gasteiger partial charge in [0.2, 0.25) is 0 Å². The van der Waals surface area contributed by atoms with Gasteiger partial charge < -0.3 is 5.11 Å². The standard InChI is InChI=1S/C32H48N2O4S/c1-27(2)13-15-32(26(35)36)16-14-30(6)21(22(32)18-27)9-10-24-29(5)17-20-19-34(39(8,37)38)33-25(20)28(3,4)23(29)11-12-31(24,30)7/h9,19,22-24H,10-18H2,1-8H3,(H,35,36)/t22-,23-,24+,29-,30+,31+,32-/m0/s1. The van der Waals surface area contributed by atoms with E-state index in [1.54, 1.807) is 6.20 Å². The number of nitrogens with zero attached hydrogens (tertiary/aromatic N) is 2. The zero-order valence-electron chi connectivity index (χ0n) is 25.2. The molecule has 0 unspecified atom stereocenters. The van der Waals surface area contributed by atoms with Gasteiger partial charge in [-0.15, -0.1) is 0 Å². The summed E-state index contributed by atoms with van der Waals surface area (Å²) in [4.78, 5) is 12.9. The fourth-order valence-corrected chi connectivity index (χ4v) is 11.8. The number of hydrogen-bond donors (Lipinski definition) is 1. The molecule has 6 nitrogen and oxygen atoms in total. The molecule has 1 heterocycles. The zero-order chi connectivity index (χ0) is 28.6. The van der Waals surface area contributed by atoms with E-state index in [2.05, 4.69) is 59.6 Å². The first-order valence-corrected chi connectivity index (χ1v) is 16.9. The molecule has 1 aromatic heterocycles. The molecule has 7 heteroatoms. The highest BCUT2D eigenvalue weighted by Crippen LogP contribution is 2.75. The van der Waals surface area contributed by atoms with Crippen molar-refractivity contribution in [3.05, 3.63) is 29.1 Å². The van der Waals surface area contributed by atoms with Crippen molar-refractivity contribution >= 4 is 16.0 Å². The molecule has 6 rings (SSSR count). The normalized spacial score (nSPS) is 44.1. The molecule has 39 heavy (non-hydrogen) atoms. The van der Waals surface area contributed by atoms with Crippen LogP contribution in [0.4, 0.5) is 0 Å². The molecule has 1 aromatic rings. The molecule has 0 aliphatic heterocycles. The van der Waals surface area contributed by atoms with Crippen LogP contribution in [0.3, 0.4) is 0 Å². The highest BCUT2D eigenvalue weighted by Gasteiger charge is 2.69. The Kier molecular flexibility index (Phi) is 5.51. The summed E-state index contributed by atoms with van der Waals surface area (Å²) in [6.45, 7) is 16.7. The number of rotatable bonds is 2. The molecule has 0 amide bonds. The van der Waals surface area contributed by atoms with Gasteiger partial charge in [-0.25, -0.2) is 8.42 Å². The molecule has 0 bridgehead atoms. The molecular weight excluding hydrogens is 508 g/mol. The molecule has 0 spiro atoms. The number of carboxylic acids is 1. The molecule has 0 saturated heterocycles. The van der Waals surface area contributed by atoms with Gasteiger partial charge in [0.1, 0.15) is 0 Å². The average Bonchev–Trinajstić information content (AvgIpc) is 3.24. The van der Waals surface area contributed by atoms with Gasteiger partial charge in [-0.2, -0.15) is 9.19 Å². The van der Waals surface area contributed by atoms with Crippen LogP contribution in [-0.2, 0) is 26.7 Å². The Morgan fingerprint density at radius 2 is 1.67 bits per heavy atom. The van der Waals surface area contributed by atoms with Crippen LogP contribution in [0.25, 0.3) is 0 Å². The lowest BCUT2D eigenvalue weighted by molar-refractivity contribution is -0.177. The van der Waals surface area contributed by atoms with E-state index >= 15 is 0 Å². The Morgan fingerprint density at radius 1 is 1.00 bits per heavy atom. The number of allylic oxidation sites excluding steroid dienone is 2. The van der Waals surface area contributed by atoms with Crippen molar-refractivity contribution in [2.75, 3.05) is 6.26 Å². The largest absolute Gasteiger partial charge is 0.481 e. The van der Waals surface area contributed by atoms with Gasteiger partial charge >= 0.3 is 5.97 Å². The molecule has 5 aliphatic carbocycles. The Morgan fingerprint density at radius 3 is 2.31 bits per heavy atom. The van der Waals surface area contributed by atoms with E-state index in [0.717, 1.165) is 69.0 Å². The van der Waals surface area contributed by atoms with Crippen molar-refractivity contribution < 1.29 is 18.3 Å². The second kappa shape index (κ2) is 7.80. The Bertz CT molecular complexity index is 1390. The first-order valence-electron chi connectivity index (χ1n) is 15.1. The fraction of sp³-hybridized carbons (Fsp3) is 0.812. The second-order valence-electron chi connectivity index (χ2n) is 16.2. The van der Waals surface area contributed by atoms with E-state index in [0.29, 0.717) is 11.8 Å². The summed E-state index contributed by atoms with van der Waals surface area (Å²) in [6, 6.07) is 0. The number of aliphatic carboxylic acids is 1. The minimum Gasteiger partial charge on any atom is -0.481 e. The van der Waals surface area contributed by atoms with E-state index < -0.39 is 21.4 Å². The van der Waals surface area contributed by atoms with Crippen molar-refractivity contribution in [2.24, 2.45) is 44.8 Å². The first kappa shape index (κ1) is 27.5. The maximum Gasteiger partial charge on any atom is 0.310 e. The van der Waals surface area contributed by atoms with Crippen molar-refractivity contribution in [3.8, 4) is 0 Å². The second-order valence-corrected chi connectivity index (χ2v) is 18.1. The summed E-state index contributed by atoms with van der Waals surface area (Å²) >= 11 is 0. The predicted molar refractivity (Wildman–Crippen MR) is 153 cm³/mol. The number of fused-ring (bicyclic) bond motifs is 8. The predicted octanol–water partition coefficient (Wildman–Crippen LogP) is 6.59. The first-order chi connectivity index (χ1) is 17.8. The summed E-state index contributed by atoms with van der Waals surface area (Å²) in [7, 11) is -3.45. The zero-order valence-corrected chi connectivity index (χ0v) is 26.0. The third-order valence-corrected chi connectivity index (χ3v) is 14.4. The van der Waals surface area contributed by atoms with Crippen LogP contribution in [0.1, 0.15) is 111 Å². The Labute approximate surface area is 235 Å². The van der Waals surface area contributed by atoms with E-state index in [4.69, 9.17) is 0 Å². The lowest BCUT2D eigenvalue weighted by Crippen LogP contribution is -2.64. The molecule has 3 saturated carbocycles. The summed E-state index contributed by atoms with van der Waals surface area (Å²) in [5.74, 6) is 0.384. The van der Waals surface area contributed by atoms with Crippen molar-refractivity contribution in [2.45, 2.75) is 112 Å². The fourth-order valence-electron chi connectivity index (χ4n) is 11.2. The van der Waals surface area contributed by atoms with Gasteiger partial charge in [-0.3, -0.25) is 4.79 Å². The summed E-state index contributed by atoms with van der Waals surface area (Å²) < 4.78 is 26.0. The maximum atomic E-state index is 12.9. The minimum atomic E-state index is -3.45. The topological polar surface area (TPSA) is 89.3 Å². The summed E-state index contributed by atoms with van der Waals surface area (Å²) in [5, 5.41) is 15.2. The van der Waals surface area contributed by atoms with Gasteiger partial charge in [0.25, 0.3) is 10.0 Å². The molecular formula is C32H48N2O4S. The smallest absolute Gasteiger partial charge is 0.310 e. The van der Waals surface area contributed by atoms with E-state index in [1.807, 2.05) is 0 Å². The lowest BCUT2D eigenvalue weighted by Gasteiger charge is -2.70. The van der Waals surface area contributed by atoms with Crippen LogP contribution in [0.5, 0.6) is 0 Å². The maximum absolute atomic E-state index is 12.9. The highest BCUT2D eigenvalue weighted by molar-refractivity contribution is 7.89. The molecule has 3 fully saturated rings. The number of carbonyl (C=O) groups is 1. The van der Waals surface area contributed by atoms with Gasteiger partial charge in [-0.05, 0) is 103 Å². The van der Waals surface area contributed by atoms with Crippen LogP contribution < -0.4 is 0 Å². The van der Waals surface area contributed by atoms with Gasteiger partial charge in [-0.1, -0.05) is 60.1 Å². The third-order valence-electron chi connectivity index (χ3n) is 13.5. The lowest BCUT2D eigenvalue weighted by atomic mass is 9.33. The Hall–Kier alpha value is -1.63. The SMILES string of the molecule is CC1(C)CC[C@]2(C(=O)O)CC[C@]3(C)C(=CC[C@@H]4[C@@]5(C)Cc6cn(S(C)(=O)=O)nc6C(C)(C)[C@@H]5CC[C@]43C)[C@@H]2C1. The molecule has 7 atom stereocenters. The van der Waals surface area contributed by atoms with Crippen LogP contribution in [0.15, 0.2) is 17.8 Å². The van der Waals surface area contributed by atoms with Crippen LogP contribution in [0.2, 0.25) is 0 Å². The quantitative estimate of drug-likeness (QED) is 0.415. The van der Waals surface area contributed by atoms with Crippen LogP contribution in [-0.4, -0.2) is 34.9 Å². The van der Waals surface area contributed by atoms with E-state index in [-0.39, 0.29) is 33.0 Å². The average molecular weight is 557 g/mol. The van der Waals surface area contributed by atoms with E-state index in [1.165, 1.54) is 15.9 Å². The molecule has 0 radical (unpaired) electrons. The highest BCUT2D eigenvalue weighted by atomic mass is 32.2. The third kappa shape index (κ3) is 3.40. The molecule has 5 aliphatic rings. The molecule has 0 aromatic carbocycles. The molecule has 216 valence electrons. The van der Waals surface area contributed by atoms with Crippen molar-refractivity contribution in [1.29, 1.82) is 0 Å². The van der Waals surface area contributed by atoms with Gasteiger partial charge in [0.05, 0.1) is 17.4 Å². The minimum absolute atomic E-state index is 0.00702. The number of hydrogen-bond acceptors (Lipinski definition) is 4. The van der Waals surface area contributed by atoms with Gasteiger partial charge in [0, 0.05) is 11.6 Å². The van der Waals surface area contributed by atoms with Gasteiger partial charge in [0.15, 0.2) is 0 Å². The Balaban J connectivity index is 1.46. The monoisotopic (exact) mass is 556 g/mol. The van der Waals surface area contributed by atoms with Crippen LogP contribution >= 0.6 is 0 Å². The number of carboxylic acid groups (broad SMARTS) is 1. The van der Waals surface area contributed by atoms with Crippen LogP contribution in [0, 0.1) is 44.8 Å². The molecule has 1 N–H and O–H groups in total.